The molecular weight excluding hydrogens is 276 g/mol. The third-order valence-electron chi connectivity index (χ3n) is 5.17. The second-order valence-electron chi connectivity index (χ2n) is 8.30. The number of morpholine rings is 1. The van der Waals surface area contributed by atoms with E-state index >= 15 is 0 Å². The van der Waals surface area contributed by atoms with Crippen LogP contribution >= 0.6 is 0 Å². The summed E-state index contributed by atoms with van der Waals surface area (Å²) in [5.41, 5.74) is 0.309. The summed E-state index contributed by atoms with van der Waals surface area (Å²) in [6.07, 6.45) is 5.37. The molecule has 4 heteroatoms. The molecule has 4 nitrogen and oxygen atoms in total. The van der Waals surface area contributed by atoms with Crippen molar-refractivity contribution in [3.05, 3.63) is 0 Å². The first kappa shape index (κ1) is 17.7. The number of carbonyl (C=O) groups is 1. The zero-order valence-corrected chi connectivity index (χ0v) is 15.0. The van der Waals surface area contributed by atoms with Gasteiger partial charge in [-0.1, -0.05) is 33.6 Å². The van der Waals surface area contributed by atoms with E-state index in [9.17, 15) is 4.79 Å². The molecule has 0 aromatic rings. The summed E-state index contributed by atoms with van der Waals surface area (Å²) in [7, 11) is 0. The van der Waals surface area contributed by atoms with Gasteiger partial charge in [0.25, 0.3) is 0 Å². The first-order chi connectivity index (χ1) is 10.3. The Morgan fingerprint density at radius 1 is 1.14 bits per heavy atom. The van der Waals surface area contributed by atoms with E-state index in [1.54, 1.807) is 0 Å². The van der Waals surface area contributed by atoms with Crippen molar-refractivity contribution in [2.24, 2.45) is 11.3 Å². The minimum absolute atomic E-state index is 0.143. The van der Waals surface area contributed by atoms with E-state index in [-0.39, 0.29) is 18.1 Å². The molecule has 0 spiro atoms. The Bertz CT molecular complexity index is 368. The largest absolute Gasteiger partial charge is 0.372 e. The molecule has 0 radical (unpaired) electrons. The molecule has 1 saturated heterocycles. The van der Waals surface area contributed by atoms with Crippen molar-refractivity contribution >= 4 is 5.91 Å². The van der Waals surface area contributed by atoms with Crippen LogP contribution in [-0.2, 0) is 9.53 Å². The molecule has 1 aliphatic carbocycles. The molecule has 0 bridgehead atoms. The lowest BCUT2D eigenvalue weighted by atomic mass is 9.69. The highest BCUT2D eigenvalue weighted by Gasteiger charge is 2.34. The smallest absolute Gasteiger partial charge is 0.236 e. The van der Waals surface area contributed by atoms with Crippen LogP contribution in [0.4, 0.5) is 0 Å². The molecule has 1 aliphatic heterocycles. The van der Waals surface area contributed by atoms with Crippen molar-refractivity contribution in [3.8, 4) is 0 Å². The van der Waals surface area contributed by atoms with Crippen molar-refractivity contribution in [1.29, 1.82) is 0 Å². The van der Waals surface area contributed by atoms with Gasteiger partial charge in [-0.2, -0.15) is 0 Å². The van der Waals surface area contributed by atoms with Crippen LogP contribution in [0, 0.1) is 11.3 Å². The Morgan fingerprint density at radius 2 is 1.73 bits per heavy atom. The minimum Gasteiger partial charge on any atom is -0.372 e. The Labute approximate surface area is 136 Å². The maximum absolute atomic E-state index is 12.5. The monoisotopic (exact) mass is 310 g/mol. The van der Waals surface area contributed by atoms with E-state index in [0.717, 1.165) is 13.1 Å². The highest BCUT2D eigenvalue weighted by Crippen LogP contribution is 2.37. The molecule has 0 aromatic heterocycles. The molecule has 0 aromatic carbocycles. The molecule has 1 N–H and O–H groups in total. The summed E-state index contributed by atoms with van der Waals surface area (Å²) >= 11 is 0. The summed E-state index contributed by atoms with van der Waals surface area (Å²) in [6, 6.07) is 0.480. The maximum Gasteiger partial charge on any atom is 0.236 e. The lowest BCUT2D eigenvalue weighted by Crippen LogP contribution is -2.53. The van der Waals surface area contributed by atoms with Gasteiger partial charge in [-0.15, -0.1) is 0 Å². The van der Waals surface area contributed by atoms with Crippen molar-refractivity contribution in [3.63, 3.8) is 0 Å². The molecule has 4 atom stereocenters. The van der Waals surface area contributed by atoms with Crippen LogP contribution in [0.15, 0.2) is 0 Å². The molecular formula is C18H34N2O2. The van der Waals surface area contributed by atoms with E-state index in [1.807, 2.05) is 18.7 Å². The number of nitrogens with zero attached hydrogens (tertiary/aromatic N) is 1. The fraction of sp³-hybridized carbons (Fsp3) is 0.944. The summed E-state index contributed by atoms with van der Waals surface area (Å²) in [6.45, 7) is 13.0. The quantitative estimate of drug-likeness (QED) is 0.871. The van der Waals surface area contributed by atoms with Crippen LogP contribution < -0.4 is 5.32 Å². The van der Waals surface area contributed by atoms with E-state index < -0.39 is 0 Å². The predicted octanol–water partition coefficient (Wildman–Crippen LogP) is 2.82. The summed E-state index contributed by atoms with van der Waals surface area (Å²) in [5.74, 6) is 0.886. The molecule has 2 fully saturated rings. The molecule has 0 unspecified atom stereocenters. The normalized spacial score (nSPS) is 33.8. The minimum atomic E-state index is 0.143. The molecule has 128 valence electrons. The number of nitrogens with one attached hydrogen (secondary N) is 1. The number of carbonyl (C=O) groups excluding carboxylic acids is 1. The molecule has 1 amide bonds. The van der Waals surface area contributed by atoms with Gasteiger partial charge >= 0.3 is 0 Å². The molecule has 2 aliphatic rings. The standard InChI is InChI=1S/C18H34N2O2/c1-13-11-20(12-14(2)22-13)17(21)10-19-16-9-7-6-8-15(16)18(3,4)5/h13-16,19H,6-12H2,1-5H3/t13-,14+,15-,16+/m0/s1. The highest BCUT2D eigenvalue weighted by atomic mass is 16.5. The molecule has 22 heavy (non-hydrogen) atoms. The second-order valence-corrected chi connectivity index (χ2v) is 8.30. The van der Waals surface area contributed by atoms with Gasteiger partial charge < -0.3 is 15.0 Å². The van der Waals surface area contributed by atoms with Crippen molar-refractivity contribution in [2.75, 3.05) is 19.6 Å². The Hall–Kier alpha value is -0.610. The Balaban J connectivity index is 1.86. The zero-order valence-electron chi connectivity index (χ0n) is 15.0. The lowest BCUT2D eigenvalue weighted by molar-refractivity contribution is -0.142. The van der Waals surface area contributed by atoms with E-state index in [1.165, 1.54) is 25.7 Å². The maximum atomic E-state index is 12.5. The van der Waals surface area contributed by atoms with E-state index in [0.29, 0.717) is 23.9 Å². The van der Waals surface area contributed by atoms with E-state index in [2.05, 4.69) is 26.1 Å². The second kappa shape index (κ2) is 7.31. The van der Waals surface area contributed by atoms with Gasteiger partial charge in [0.15, 0.2) is 0 Å². The van der Waals surface area contributed by atoms with Crippen LogP contribution in [-0.4, -0.2) is 48.7 Å². The van der Waals surface area contributed by atoms with Crippen molar-refractivity contribution in [1.82, 2.24) is 10.2 Å². The van der Waals surface area contributed by atoms with Crippen molar-refractivity contribution in [2.45, 2.75) is 78.6 Å². The van der Waals surface area contributed by atoms with Gasteiger partial charge in [-0.3, -0.25) is 4.79 Å². The molecule has 1 heterocycles. The molecule has 1 saturated carbocycles. The third-order valence-corrected chi connectivity index (χ3v) is 5.17. The van der Waals surface area contributed by atoms with Crippen molar-refractivity contribution < 1.29 is 9.53 Å². The Kier molecular flexibility index (Phi) is 5.89. The zero-order chi connectivity index (χ0) is 16.3. The molecule has 2 rings (SSSR count). The van der Waals surface area contributed by atoms with Crippen LogP contribution in [0.5, 0.6) is 0 Å². The summed E-state index contributed by atoms with van der Waals surface area (Å²) < 4.78 is 5.71. The van der Waals surface area contributed by atoms with Gasteiger partial charge in [0.1, 0.15) is 0 Å². The fourth-order valence-corrected chi connectivity index (χ4v) is 4.12. The number of hydrogen-bond acceptors (Lipinski definition) is 3. The van der Waals surface area contributed by atoms with Gasteiger partial charge in [0, 0.05) is 19.1 Å². The lowest BCUT2D eigenvalue weighted by Gasteiger charge is -2.41. The van der Waals surface area contributed by atoms with Gasteiger partial charge in [0.2, 0.25) is 5.91 Å². The van der Waals surface area contributed by atoms with E-state index in [4.69, 9.17) is 4.74 Å². The first-order valence-corrected chi connectivity index (χ1v) is 8.94. The topological polar surface area (TPSA) is 41.6 Å². The Morgan fingerprint density at radius 3 is 2.32 bits per heavy atom. The predicted molar refractivity (Wildman–Crippen MR) is 89.8 cm³/mol. The van der Waals surface area contributed by atoms with Crippen LogP contribution in [0.2, 0.25) is 0 Å². The van der Waals surface area contributed by atoms with Gasteiger partial charge in [-0.05, 0) is 38.0 Å². The van der Waals surface area contributed by atoms with Crippen LogP contribution in [0.25, 0.3) is 0 Å². The average molecular weight is 310 g/mol. The average Bonchev–Trinajstić information content (AvgIpc) is 2.43. The number of hydrogen-bond donors (Lipinski definition) is 1. The number of amides is 1. The van der Waals surface area contributed by atoms with Crippen LogP contribution in [0.3, 0.4) is 0 Å². The van der Waals surface area contributed by atoms with Gasteiger partial charge in [0.05, 0.1) is 18.8 Å². The highest BCUT2D eigenvalue weighted by molar-refractivity contribution is 5.78. The number of ether oxygens (including phenoxy) is 1. The SMILES string of the molecule is C[C@@H]1CN(C(=O)CN[C@@H]2CCCC[C@@H]2C(C)(C)C)C[C@H](C)O1. The summed E-state index contributed by atoms with van der Waals surface area (Å²) in [5, 5.41) is 3.57. The fourth-order valence-electron chi connectivity index (χ4n) is 4.12. The van der Waals surface area contributed by atoms with Crippen LogP contribution in [0.1, 0.15) is 60.3 Å². The third kappa shape index (κ3) is 4.69. The summed E-state index contributed by atoms with van der Waals surface area (Å²) in [4.78, 5) is 14.5. The number of rotatable bonds is 3. The first-order valence-electron chi connectivity index (χ1n) is 8.94. The van der Waals surface area contributed by atoms with Gasteiger partial charge in [-0.25, -0.2) is 0 Å².